The molecule has 10 nitrogen and oxygen atoms in total. The number of aromatic nitrogens is 4. The molecule has 3 heterocycles. The molecule has 0 unspecified atom stereocenters. The smallest absolute Gasteiger partial charge is 0.407 e. The number of rotatable bonds is 10. The van der Waals surface area contributed by atoms with Crippen molar-refractivity contribution in [3.63, 3.8) is 0 Å². The molecule has 10 heteroatoms. The van der Waals surface area contributed by atoms with E-state index in [9.17, 15) is 9.59 Å². The highest BCUT2D eigenvalue weighted by Gasteiger charge is 2.39. The Hall–Kier alpha value is -2.62. The summed E-state index contributed by atoms with van der Waals surface area (Å²) < 4.78 is 13.4. The van der Waals surface area contributed by atoms with Gasteiger partial charge in [-0.25, -0.2) is 9.78 Å². The van der Waals surface area contributed by atoms with Crippen molar-refractivity contribution in [1.29, 1.82) is 0 Å². The summed E-state index contributed by atoms with van der Waals surface area (Å²) in [6, 6.07) is 0. The van der Waals surface area contributed by atoms with Crippen LogP contribution < -0.4 is 16.2 Å². The van der Waals surface area contributed by atoms with Gasteiger partial charge in [0.25, 0.3) is 5.56 Å². The molecule has 0 aliphatic carbocycles. The Balaban J connectivity index is 1.47. The van der Waals surface area contributed by atoms with Crippen LogP contribution in [0.4, 0.5) is 10.7 Å². The Labute approximate surface area is 201 Å². The predicted octanol–water partition coefficient (Wildman–Crippen LogP) is 4.20. The van der Waals surface area contributed by atoms with E-state index in [0.29, 0.717) is 42.0 Å². The number of anilines is 1. The maximum Gasteiger partial charge on any atom is 0.407 e. The fourth-order valence-electron chi connectivity index (χ4n) is 4.32. The number of alkyl carbamates (subject to hydrolysis) is 1. The van der Waals surface area contributed by atoms with E-state index in [1.807, 2.05) is 25.3 Å². The van der Waals surface area contributed by atoms with Crippen LogP contribution in [0.2, 0.25) is 0 Å². The number of fused-ring (bicyclic) bond motifs is 1. The summed E-state index contributed by atoms with van der Waals surface area (Å²) in [5.41, 5.74) is 0.126. The van der Waals surface area contributed by atoms with Gasteiger partial charge >= 0.3 is 6.09 Å². The number of aromatic amines is 1. The van der Waals surface area contributed by atoms with Crippen LogP contribution >= 0.6 is 0 Å². The third-order valence-corrected chi connectivity index (χ3v) is 6.35. The Kier molecular flexibility index (Phi) is 8.57. The molecular weight excluding hydrogens is 436 g/mol. The van der Waals surface area contributed by atoms with Crippen molar-refractivity contribution in [3.8, 4) is 0 Å². The van der Waals surface area contributed by atoms with E-state index in [2.05, 4.69) is 46.4 Å². The number of hydrogen-bond donors (Lipinski definition) is 3. The number of nitrogens with one attached hydrogen (secondary N) is 3. The lowest BCUT2D eigenvalue weighted by Gasteiger charge is -2.19. The van der Waals surface area contributed by atoms with Gasteiger partial charge in [0.2, 0.25) is 5.95 Å². The van der Waals surface area contributed by atoms with E-state index in [1.165, 1.54) is 0 Å². The lowest BCUT2D eigenvalue weighted by molar-refractivity contribution is -0.0120. The molecule has 3 rings (SSSR count). The summed E-state index contributed by atoms with van der Waals surface area (Å²) in [6.07, 6.45) is 6.04. The van der Waals surface area contributed by atoms with Crippen molar-refractivity contribution < 1.29 is 14.3 Å². The van der Waals surface area contributed by atoms with Gasteiger partial charge in [0.1, 0.15) is 11.8 Å². The van der Waals surface area contributed by atoms with Gasteiger partial charge in [0.05, 0.1) is 12.4 Å². The van der Waals surface area contributed by atoms with Gasteiger partial charge in [0.15, 0.2) is 11.2 Å². The molecule has 1 fully saturated rings. The van der Waals surface area contributed by atoms with Gasteiger partial charge in [0, 0.05) is 19.0 Å². The Bertz CT molecular complexity index is 1010. The average Bonchev–Trinajstić information content (AvgIpc) is 3.30. The molecule has 1 saturated heterocycles. The number of carbonyl (C=O) groups excluding carboxylic acids is 1. The van der Waals surface area contributed by atoms with Crippen molar-refractivity contribution in [2.75, 3.05) is 18.4 Å². The van der Waals surface area contributed by atoms with Crippen molar-refractivity contribution in [2.45, 2.75) is 91.6 Å². The highest BCUT2D eigenvalue weighted by atomic mass is 16.6. The average molecular weight is 477 g/mol. The van der Waals surface area contributed by atoms with E-state index < -0.39 is 5.60 Å². The molecule has 1 amide bonds. The molecule has 1 aliphatic heterocycles. The van der Waals surface area contributed by atoms with Crippen molar-refractivity contribution in [3.05, 3.63) is 16.7 Å². The number of amides is 1. The molecule has 0 spiro atoms. The Morgan fingerprint density at radius 1 is 1.18 bits per heavy atom. The highest BCUT2D eigenvalue weighted by molar-refractivity contribution is 5.71. The molecule has 2 aromatic rings. The minimum Gasteiger partial charge on any atom is -0.444 e. The summed E-state index contributed by atoms with van der Waals surface area (Å²) in [5, 5.41) is 5.99. The number of ether oxygens (including phenoxy) is 2. The third kappa shape index (κ3) is 6.49. The van der Waals surface area contributed by atoms with Gasteiger partial charge in [-0.2, -0.15) is 4.98 Å². The molecule has 1 aliphatic rings. The SMILES string of the molecule is CC[C@H]1O[C@@H](n2cnc3c(=O)[nH]c(NCCCCCCNC(=O)OC(C)(C)C)nc32)[C@H](C)[C@@H]1C. The van der Waals surface area contributed by atoms with Gasteiger partial charge in [-0.05, 0) is 46.0 Å². The third-order valence-electron chi connectivity index (χ3n) is 6.35. The topological polar surface area (TPSA) is 123 Å². The summed E-state index contributed by atoms with van der Waals surface area (Å²) in [4.78, 5) is 35.9. The second-order valence-corrected chi connectivity index (χ2v) is 10.2. The molecule has 190 valence electrons. The summed E-state index contributed by atoms with van der Waals surface area (Å²) >= 11 is 0. The summed E-state index contributed by atoms with van der Waals surface area (Å²) in [5.74, 6) is 1.16. The molecule has 4 atom stereocenters. The molecule has 0 aromatic carbocycles. The molecule has 0 bridgehead atoms. The van der Waals surface area contributed by atoms with Crippen LogP contribution in [0, 0.1) is 11.8 Å². The van der Waals surface area contributed by atoms with Gasteiger partial charge in [-0.3, -0.25) is 14.3 Å². The quantitative estimate of drug-likeness (QED) is 0.439. The standard InChI is InChI=1S/C24H40N6O4/c1-7-17-15(2)16(3)21(33-17)30-14-27-18-19(30)28-22(29-20(18)31)25-12-10-8-9-11-13-26-23(32)34-24(4,5)6/h14-17,21H,7-13H2,1-6H3,(H,26,32)(H2,25,28,29,31)/t15-,16+,17+,21+/m0/s1. The molecule has 2 aromatic heterocycles. The van der Waals surface area contributed by atoms with Gasteiger partial charge in [-0.1, -0.05) is 33.6 Å². The first-order valence-corrected chi connectivity index (χ1v) is 12.4. The highest BCUT2D eigenvalue weighted by Crippen LogP contribution is 2.40. The van der Waals surface area contributed by atoms with Crippen molar-refractivity contribution in [2.24, 2.45) is 11.8 Å². The molecular formula is C24H40N6O4. The molecule has 0 saturated carbocycles. The maximum atomic E-state index is 12.5. The fourth-order valence-corrected chi connectivity index (χ4v) is 4.32. The van der Waals surface area contributed by atoms with E-state index in [0.717, 1.165) is 32.1 Å². The Morgan fingerprint density at radius 2 is 1.88 bits per heavy atom. The monoisotopic (exact) mass is 476 g/mol. The number of unbranched alkanes of at least 4 members (excludes halogenated alkanes) is 3. The Morgan fingerprint density at radius 3 is 2.53 bits per heavy atom. The second-order valence-electron chi connectivity index (χ2n) is 10.2. The zero-order valence-corrected chi connectivity index (χ0v) is 21.3. The molecule has 0 radical (unpaired) electrons. The molecule has 34 heavy (non-hydrogen) atoms. The number of carbonyl (C=O) groups is 1. The number of hydrogen-bond acceptors (Lipinski definition) is 7. The van der Waals surface area contributed by atoms with Crippen LogP contribution in [0.15, 0.2) is 11.1 Å². The summed E-state index contributed by atoms with van der Waals surface area (Å²) in [6.45, 7) is 13.3. The first-order valence-electron chi connectivity index (χ1n) is 12.4. The first kappa shape index (κ1) is 26.0. The number of H-pyrrole nitrogens is 1. The van der Waals surface area contributed by atoms with E-state index in [-0.39, 0.29) is 24.0 Å². The number of imidazole rings is 1. The van der Waals surface area contributed by atoms with Gasteiger partial charge in [-0.15, -0.1) is 0 Å². The zero-order chi connectivity index (χ0) is 24.9. The van der Waals surface area contributed by atoms with Crippen LogP contribution in [-0.2, 0) is 9.47 Å². The summed E-state index contributed by atoms with van der Waals surface area (Å²) in [7, 11) is 0. The normalized spacial score (nSPS) is 22.8. The minimum absolute atomic E-state index is 0.179. The van der Waals surface area contributed by atoms with Crippen LogP contribution in [0.5, 0.6) is 0 Å². The first-order chi connectivity index (χ1) is 16.1. The lowest BCUT2D eigenvalue weighted by Crippen LogP contribution is -2.32. The van der Waals surface area contributed by atoms with Crippen LogP contribution in [0.3, 0.4) is 0 Å². The number of nitrogens with zero attached hydrogens (tertiary/aromatic N) is 3. The minimum atomic E-state index is -0.482. The fraction of sp³-hybridized carbons (Fsp3) is 0.750. The largest absolute Gasteiger partial charge is 0.444 e. The van der Waals surface area contributed by atoms with Crippen LogP contribution in [0.1, 0.15) is 79.9 Å². The lowest BCUT2D eigenvalue weighted by atomic mass is 9.91. The van der Waals surface area contributed by atoms with E-state index in [1.54, 1.807) is 6.33 Å². The molecule has 3 N–H and O–H groups in total. The van der Waals surface area contributed by atoms with Crippen LogP contribution in [-0.4, -0.2) is 50.4 Å². The predicted molar refractivity (Wildman–Crippen MR) is 132 cm³/mol. The van der Waals surface area contributed by atoms with Crippen LogP contribution in [0.25, 0.3) is 11.2 Å². The maximum absolute atomic E-state index is 12.5. The van der Waals surface area contributed by atoms with E-state index in [4.69, 9.17) is 9.47 Å². The second kappa shape index (κ2) is 11.2. The van der Waals surface area contributed by atoms with Crippen molar-refractivity contribution >= 4 is 23.2 Å². The van der Waals surface area contributed by atoms with Gasteiger partial charge < -0.3 is 20.1 Å². The van der Waals surface area contributed by atoms with E-state index >= 15 is 0 Å². The van der Waals surface area contributed by atoms with Crippen molar-refractivity contribution in [1.82, 2.24) is 24.8 Å². The zero-order valence-electron chi connectivity index (χ0n) is 21.3.